The van der Waals surface area contributed by atoms with Gasteiger partial charge < -0.3 is 0 Å². The van der Waals surface area contributed by atoms with Gasteiger partial charge in [-0.05, 0) is 144 Å². The van der Waals surface area contributed by atoms with Gasteiger partial charge in [0, 0.05) is 0 Å². The maximum atomic E-state index is 2.46. The van der Waals surface area contributed by atoms with E-state index in [0.29, 0.717) is 0 Å². The van der Waals surface area contributed by atoms with E-state index in [1.807, 2.05) is 0 Å². The average Bonchev–Trinajstić information content (AvgIpc) is 3.80. The fourth-order valence-corrected chi connectivity index (χ4v) is 10.5. The van der Waals surface area contributed by atoms with E-state index in [2.05, 4.69) is 206 Å². The van der Waals surface area contributed by atoms with E-state index < -0.39 is 0 Å². The van der Waals surface area contributed by atoms with E-state index >= 15 is 0 Å². The largest absolute Gasteiger partial charge is 0.0622 e. The van der Waals surface area contributed by atoms with Crippen LogP contribution in [-0.2, 0) is 0 Å². The molecule has 0 heterocycles. The molecule has 0 atom stereocenters. The minimum Gasteiger partial charge on any atom is -0.0622 e. The summed E-state index contributed by atoms with van der Waals surface area (Å²) >= 11 is 0. The summed E-state index contributed by atoms with van der Waals surface area (Å²) in [5, 5.41) is 10.3. The summed E-state index contributed by atoms with van der Waals surface area (Å²) in [5.74, 6) is 0. The van der Waals surface area contributed by atoms with Crippen molar-refractivity contribution < 1.29 is 0 Å². The van der Waals surface area contributed by atoms with Gasteiger partial charge in [0.05, 0.1) is 0 Å². The van der Waals surface area contributed by atoms with E-state index in [0.717, 1.165) is 0 Å². The van der Waals surface area contributed by atoms with Gasteiger partial charge in [0.1, 0.15) is 0 Å². The zero-order chi connectivity index (χ0) is 37.9. The predicted molar refractivity (Wildman–Crippen MR) is 247 cm³/mol. The second-order valence-corrected chi connectivity index (χ2v) is 15.9. The summed E-state index contributed by atoms with van der Waals surface area (Å²) < 4.78 is 0. The lowest BCUT2D eigenvalue weighted by atomic mass is 9.83. The highest BCUT2D eigenvalue weighted by molar-refractivity contribution is 6.25. The molecule has 0 bridgehead atoms. The Morgan fingerprint density at radius 1 is 0.172 bits per heavy atom. The lowest BCUT2D eigenvalue weighted by Crippen LogP contribution is -1.93. The van der Waals surface area contributed by atoms with Crippen molar-refractivity contribution in [3.63, 3.8) is 0 Å². The summed E-state index contributed by atoms with van der Waals surface area (Å²) in [6, 6.07) is 77.1. The summed E-state index contributed by atoms with van der Waals surface area (Å²) in [6.07, 6.45) is 0. The van der Waals surface area contributed by atoms with Crippen LogP contribution in [0.1, 0.15) is 0 Å². The molecular formula is C58H34. The van der Waals surface area contributed by atoms with Crippen molar-refractivity contribution in [2.75, 3.05) is 0 Å². The van der Waals surface area contributed by atoms with Crippen LogP contribution in [0.15, 0.2) is 206 Å². The van der Waals surface area contributed by atoms with Crippen molar-refractivity contribution in [2.24, 2.45) is 0 Å². The van der Waals surface area contributed by atoms with Crippen LogP contribution in [0.25, 0.3) is 132 Å². The Bertz CT molecular complexity index is 3240. The quantitative estimate of drug-likeness (QED) is 0.158. The minimum absolute atomic E-state index is 1.22. The number of hydrogen-bond acceptors (Lipinski definition) is 0. The fourth-order valence-electron chi connectivity index (χ4n) is 10.5. The molecule has 0 nitrogen and oxygen atoms in total. The van der Waals surface area contributed by atoms with Crippen molar-refractivity contribution in [3.05, 3.63) is 206 Å². The topological polar surface area (TPSA) is 0 Å². The first-order chi connectivity index (χ1) is 28.8. The molecule has 0 saturated carbocycles. The van der Waals surface area contributed by atoms with Crippen molar-refractivity contribution in [1.82, 2.24) is 0 Å². The molecule has 0 spiro atoms. The molecule has 0 heteroatoms. The van der Waals surface area contributed by atoms with Gasteiger partial charge in [0.2, 0.25) is 0 Å². The molecule has 13 rings (SSSR count). The zero-order valence-corrected chi connectivity index (χ0v) is 31.6. The molecule has 0 N–H and O–H groups in total. The van der Waals surface area contributed by atoms with Crippen LogP contribution in [0.4, 0.5) is 0 Å². The number of fused-ring (bicyclic) bond motifs is 8. The molecule has 2 aliphatic rings. The predicted octanol–water partition coefficient (Wildman–Crippen LogP) is 16.3. The zero-order valence-electron chi connectivity index (χ0n) is 31.6. The van der Waals surface area contributed by atoms with Crippen molar-refractivity contribution >= 4 is 43.1 Å². The van der Waals surface area contributed by atoms with Crippen LogP contribution in [0, 0.1) is 0 Å². The summed E-state index contributed by atoms with van der Waals surface area (Å²) in [5.41, 5.74) is 20.6. The monoisotopic (exact) mass is 730 g/mol. The van der Waals surface area contributed by atoms with Gasteiger partial charge in [-0.2, -0.15) is 0 Å². The Labute approximate surface area is 336 Å². The molecule has 0 saturated heterocycles. The van der Waals surface area contributed by atoms with E-state index in [-0.39, 0.29) is 0 Å². The molecule has 11 aromatic rings. The number of rotatable bonds is 4. The van der Waals surface area contributed by atoms with Crippen molar-refractivity contribution in [2.45, 2.75) is 0 Å². The Balaban J connectivity index is 1.09. The fraction of sp³-hybridized carbons (Fsp3) is 0. The molecule has 2 aliphatic carbocycles. The first-order valence-corrected chi connectivity index (χ1v) is 20.3. The Kier molecular flexibility index (Phi) is 6.54. The molecule has 0 radical (unpaired) electrons. The second-order valence-electron chi connectivity index (χ2n) is 15.9. The summed E-state index contributed by atoms with van der Waals surface area (Å²) in [4.78, 5) is 0. The third-order valence-corrected chi connectivity index (χ3v) is 13.0. The van der Waals surface area contributed by atoms with Gasteiger partial charge in [-0.3, -0.25) is 0 Å². The Hall–Kier alpha value is -7.54. The normalized spacial score (nSPS) is 12.1. The van der Waals surface area contributed by atoms with Gasteiger partial charge in [0.15, 0.2) is 0 Å². The van der Waals surface area contributed by atoms with Crippen LogP contribution in [0.2, 0.25) is 0 Å². The van der Waals surface area contributed by atoms with Crippen molar-refractivity contribution in [3.8, 4) is 89.0 Å². The highest BCUT2D eigenvalue weighted by Gasteiger charge is 2.25. The maximum Gasteiger partial charge on any atom is -0.00201 e. The molecule has 0 aromatic heterocycles. The highest BCUT2D eigenvalue weighted by atomic mass is 14.3. The molecule has 0 unspecified atom stereocenters. The summed E-state index contributed by atoms with van der Waals surface area (Å²) in [7, 11) is 0. The molecule has 0 fully saturated rings. The number of hydrogen-bond donors (Lipinski definition) is 0. The average molecular weight is 731 g/mol. The SMILES string of the molecule is c1ccc(-c2c3ccc(-c4ccc5c6c(cccc46)-c4ccccc4-5)cc3c(-c3ccccc3)c3ccc(-c4ccc5c6c(cccc46)-c4ccccc4-5)cc23)cc1. The molecule has 0 aliphatic heterocycles. The lowest BCUT2D eigenvalue weighted by molar-refractivity contribution is 1.64. The first-order valence-electron chi connectivity index (χ1n) is 20.3. The van der Waals surface area contributed by atoms with Crippen LogP contribution in [0.5, 0.6) is 0 Å². The van der Waals surface area contributed by atoms with E-state index in [1.165, 1.54) is 132 Å². The Morgan fingerprint density at radius 2 is 0.517 bits per heavy atom. The number of benzene rings is 11. The highest BCUT2D eigenvalue weighted by Crippen LogP contribution is 2.52. The standard InChI is InChI=1S/C58H34/c1-3-13-35(14-4-1)55-51-27-25-38(40-30-32-50-44-20-10-8-18-42(44)48-24-12-22-46(40)58(48)50)34-54(51)56(36-15-5-2-6-16-36)52-28-26-37(33-53(52)55)39-29-31-49-43-19-9-7-17-41(43)47-23-11-21-45(39)57(47)49/h1-34H. The van der Waals surface area contributed by atoms with Gasteiger partial charge in [-0.1, -0.05) is 194 Å². The molecule has 0 amide bonds. The third kappa shape index (κ3) is 4.35. The van der Waals surface area contributed by atoms with Crippen LogP contribution in [0.3, 0.4) is 0 Å². The first kappa shape index (κ1) is 31.6. The summed E-state index contributed by atoms with van der Waals surface area (Å²) in [6.45, 7) is 0. The minimum atomic E-state index is 1.22. The maximum absolute atomic E-state index is 2.46. The van der Waals surface area contributed by atoms with Crippen LogP contribution >= 0.6 is 0 Å². The smallest absolute Gasteiger partial charge is 0.00201 e. The van der Waals surface area contributed by atoms with Crippen LogP contribution < -0.4 is 0 Å². The van der Waals surface area contributed by atoms with E-state index in [4.69, 9.17) is 0 Å². The molecule has 11 aromatic carbocycles. The van der Waals surface area contributed by atoms with Gasteiger partial charge in [-0.15, -0.1) is 0 Å². The lowest BCUT2D eigenvalue weighted by Gasteiger charge is -2.20. The van der Waals surface area contributed by atoms with E-state index in [1.54, 1.807) is 0 Å². The Morgan fingerprint density at radius 3 is 0.931 bits per heavy atom. The molecule has 58 heavy (non-hydrogen) atoms. The van der Waals surface area contributed by atoms with Gasteiger partial charge >= 0.3 is 0 Å². The third-order valence-electron chi connectivity index (χ3n) is 13.0. The van der Waals surface area contributed by atoms with Gasteiger partial charge in [0.25, 0.3) is 0 Å². The van der Waals surface area contributed by atoms with Crippen molar-refractivity contribution in [1.29, 1.82) is 0 Å². The van der Waals surface area contributed by atoms with Crippen LogP contribution in [-0.4, -0.2) is 0 Å². The van der Waals surface area contributed by atoms with Gasteiger partial charge in [-0.25, -0.2) is 0 Å². The van der Waals surface area contributed by atoms with E-state index in [9.17, 15) is 0 Å². The molecular weight excluding hydrogens is 697 g/mol. The molecule has 266 valence electrons. The second kappa shape index (κ2) is 12.0.